The largest absolute Gasteiger partial charge is 0.478 e. The summed E-state index contributed by atoms with van der Waals surface area (Å²) in [5.41, 5.74) is -1.25. The molecule has 1 aromatic heterocycles. The molecular formula is C11H13F2N3O2. The van der Waals surface area contributed by atoms with Gasteiger partial charge in [-0.3, -0.25) is 0 Å². The van der Waals surface area contributed by atoms with E-state index in [-0.39, 0.29) is 5.95 Å². The monoisotopic (exact) mass is 257 g/mol. The van der Waals surface area contributed by atoms with E-state index in [9.17, 15) is 13.6 Å². The van der Waals surface area contributed by atoms with Gasteiger partial charge in [0, 0.05) is 19.3 Å². The zero-order valence-corrected chi connectivity index (χ0v) is 9.64. The molecule has 0 unspecified atom stereocenters. The first kappa shape index (κ1) is 12.7. The van der Waals surface area contributed by atoms with Crippen molar-refractivity contribution in [3.63, 3.8) is 0 Å². The highest BCUT2D eigenvalue weighted by Gasteiger charge is 2.23. The Hall–Kier alpha value is -1.79. The molecule has 0 bridgehead atoms. The molecule has 0 atom stereocenters. The second-order valence-electron chi connectivity index (χ2n) is 4.12. The minimum absolute atomic E-state index is 0.190. The summed E-state index contributed by atoms with van der Waals surface area (Å²) < 4.78 is 25.5. The van der Waals surface area contributed by atoms with Crippen molar-refractivity contribution in [2.45, 2.75) is 25.7 Å². The van der Waals surface area contributed by atoms with E-state index < -0.39 is 23.7 Å². The number of rotatable bonds is 3. The van der Waals surface area contributed by atoms with Crippen LogP contribution in [-0.4, -0.2) is 34.1 Å². The number of nitrogens with zero attached hydrogens (tertiary/aromatic N) is 3. The van der Waals surface area contributed by atoms with Crippen LogP contribution >= 0.6 is 0 Å². The summed E-state index contributed by atoms with van der Waals surface area (Å²) >= 11 is 0. The lowest BCUT2D eigenvalue weighted by Crippen LogP contribution is -2.31. The summed E-state index contributed by atoms with van der Waals surface area (Å²) in [6, 6.07) is 0. The zero-order valence-electron chi connectivity index (χ0n) is 9.64. The number of piperidine rings is 1. The highest BCUT2D eigenvalue weighted by molar-refractivity contribution is 5.88. The number of aromatic carboxylic acids is 1. The number of halogens is 2. The van der Waals surface area contributed by atoms with Gasteiger partial charge >= 0.3 is 5.97 Å². The van der Waals surface area contributed by atoms with E-state index >= 15 is 0 Å². The van der Waals surface area contributed by atoms with Crippen LogP contribution in [0.4, 0.5) is 14.7 Å². The molecule has 7 heteroatoms. The summed E-state index contributed by atoms with van der Waals surface area (Å²) in [5, 5.41) is 8.79. The van der Waals surface area contributed by atoms with Gasteiger partial charge < -0.3 is 10.0 Å². The minimum atomic E-state index is -2.91. The SMILES string of the molecule is O=C(O)c1cnc(N2CCCCC2)nc1C(F)F. The molecule has 1 aromatic rings. The maximum absolute atomic E-state index is 12.8. The maximum atomic E-state index is 12.8. The Morgan fingerprint density at radius 1 is 1.33 bits per heavy atom. The number of aromatic nitrogens is 2. The van der Waals surface area contributed by atoms with Gasteiger partial charge in [0.05, 0.1) is 0 Å². The molecule has 0 aliphatic carbocycles. The van der Waals surface area contributed by atoms with Crippen molar-refractivity contribution in [1.29, 1.82) is 0 Å². The van der Waals surface area contributed by atoms with Crippen molar-refractivity contribution >= 4 is 11.9 Å². The third-order valence-electron chi connectivity index (χ3n) is 2.88. The molecule has 1 N–H and O–H groups in total. The second kappa shape index (κ2) is 5.24. The fraction of sp³-hybridized carbons (Fsp3) is 0.545. The molecule has 2 rings (SSSR count). The average Bonchev–Trinajstić information content (AvgIpc) is 2.39. The van der Waals surface area contributed by atoms with Gasteiger partial charge in [0.25, 0.3) is 6.43 Å². The van der Waals surface area contributed by atoms with Crippen molar-refractivity contribution in [2.75, 3.05) is 18.0 Å². The maximum Gasteiger partial charge on any atom is 0.339 e. The van der Waals surface area contributed by atoms with Gasteiger partial charge in [-0.25, -0.2) is 23.5 Å². The average molecular weight is 257 g/mol. The van der Waals surface area contributed by atoms with Crippen molar-refractivity contribution in [3.05, 3.63) is 17.5 Å². The highest BCUT2D eigenvalue weighted by atomic mass is 19.3. The highest BCUT2D eigenvalue weighted by Crippen LogP contribution is 2.24. The van der Waals surface area contributed by atoms with Crippen LogP contribution in [0.2, 0.25) is 0 Å². The number of hydrogen-bond acceptors (Lipinski definition) is 4. The molecule has 1 saturated heterocycles. The van der Waals surface area contributed by atoms with Crippen molar-refractivity contribution in [3.8, 4) is 0 Å². The molecular weight excluding hydrogens is 244 g/mol. The molecule has 0 aromatic carbocycles. The van der Waals surface area contributed by atoms with Crippen molar-refractivity contribution in [2.24, 2.45) is 0 Å². The fourth-order valence-electron chi connectivity index (χ4n) is 1.96. The van der Waals surface area contributed by atoms with E-state index in [0.717, 1.165) is 38.5 Å². The van der Waals surface area contributed by atoms with Gasteiger partial charge in [0.15, 0.2) is 0 Å². The van der Waals surface area contributed by atoms with Gasteiger partial charge in [-0.05, 0) is 19.3 Å². The van der Waals surface area contributed by atoms with Gasteiger partial charge in [-0.1, -0.05) is 0 Å². The molecule has 18 heavy (non-hydrogen) atoms. The van der Waals surface area contributed by atoms with Gasteiger partial charge in [-0.15, -0.1) is 0 Å². The Morgan fingerprint density at radius 3 is 2.56 bits per heavy atom. The standard InChI is InChI=1S/C11H13F2N3O2/c12-9(13)8-7(10(17)18)6-14-11(15-8)16-4-2-1-3-5-16/h6,9H,1-5H2,(H,17,18). The normalized spacial score (nSPS) is 16.1. The number of carbonyl (C=O) groups is 1. The first-order valence-corrected chi connectivity index (χ1v) is 5.73. The molecule has 1 aliphatic rings. The van der Waals surface area contributed by atoms with Crippen LogP contribution in [-0.2, 0) is 0 Å². The number of anilines is 1. The Kier molecular flexibility index (Phi) is 3.69. The number of carboxylic acid groups (broad SMARTS) is 1. The topological polar surface area (TPSA) is 66.3 Å². The summed E-state index contributed by atoms with van der Waals surface area (Å²) in [6.45, 7) is 1.43. The third-order valence-corrected chi connectivity index (χ3v) is 2.88. The van der Waals surface area contributed by atoms with Crippen LogP contribution in [0.3, 0.4) is 0 Å². The van der Waals surface area contributed by atoms with Crippen LogP contribution in [0.1, 0.15) is 41.7 Å². The molecule has 0 spiro atoms. The quantitative estimate of drug-likeness (QED) is 0.898. The lowest BCUT2D eigenvalue weighted by molar-refractivity contribution is 0.0681. The second-order valence-corrected chi connectivity index (χ2v) is 4.12. The van der Waals surface area contributed by atoms with E-state index in [1.54, 1.807) is 4.90 Å². The fourth-order valence-corrected chi connectivity index (χ4v) is 1.96. The zero-order chi connectivity index (χ0) is 13.1. The third kappa shape index (κ3) is 2.55. The van der Waals surface area contributed by atoms with Crippen LogP contribution in [0.5, 0.6) is 0 Å². The Labute approximate surface area is 102 Å². The van der Waals surface area contributed by atoms with Crippen LogP contribution in [0, 0.1) is 0 Å². The predicted molar refractivity (Wildman–Crippen MR) is 60.0 cm³/mol. The number of carboxylic acids is 1. The molecule has 98 valence electrons. The van der Waals surface area contributed by atoms with E-state index in [0.29, 0.717) is 0 Å². The number of hydrogen-bond donors (Lipinski definition) is 1. The Bertz CT molecular complexity index is 448. The summed E-state index contributed by atoms with van der Waals surface area (Å²) in [5.74, 6) is -1.24. The summed E-state index contributed by atoms with van der Waals surface area (Å²) in [4.78, 5) is 20.2. The molecule has 0 saturated carbocycles. The first-order valence-electron chi connectivity index (χ1n) is 5.73. The number of alkyl halides is 2. The molecule has 2 heterocycles. The van der Waals surface area contributed by atoms with Crippen LogP contribution < -0.4 is 4.90 Å². The molecule has 0 amide bonds. The summed E-state index contributed by atoms with van der Waals surface area (Å²) in [7, 11) is 0. The molecule has 1 aliphatic heterocycles. The lowest BCUT2D eigenvalue weighted by Gasteiger charge is -2.26. The molecule has 0 radical (unpaired) electrons. The predicted octanol–water partition coefficient (Wildman–Crippen LogP) is 2.10. The van der Waals surface area contributed by atoms with Crippen LogP contribution in [0.15, 0.2) is 6.20 Å². The van der Waals surface area contributed by atoms with Crippen LogP contribution in [0.25, 0.3) is 0 Å². The summed E-state index contributed by atoms with van der Waals surface area (Å²) in [6.07, 6.45) is 1.08. The molecule has 1 fully saturated rings. The van der Waals surface area contributed by atoms with Crippen molar-refractivity contribution < 1.29 is 18.7 Å². The van der Waals surface area contributed by atoms with Gasteiger partial charge in [0.2, 0.25) is 5.95 Å². The smallest absolute Gasteiger partial charge is 0.339 e. The van der Waals surface area contributed by atoms with Gasteiger partial charge in [-0.2, -0.15) is 0 Å². The van der Waals surface area contributed by atoms with E-state index in [1.807, 2.05) is 0 Å². The first-order chi connectivity index (χ1) is 8.59. The van der Waals surface area contributed by atoms with Crippen molar-refractivity contribution in [1.82, 2.24) is 9.97 Å². The Morgan fingerprint density at radius 2 is 2.00 bits per heavy atom. The lowest BCUT2D eigenvalue weighted by atomic mass is 10.1. The minimum Gasteiger partial charge on any atom is -0.478 e. The van der Waals surface area contributed by atoms with E-state index in [2.05, 4.69) is 9.97 Å². The Balaban J connectivity index is 2.33. The van der Waals surface area contributed by atoms with E-state index in [4.69, 9.17) is 5.11 Å². The van der Waals surface area contributed by atoms with E-state index in [1.165, 1.54) is 0 Å². The molecule has 5 nitrogen and oxygen atoms in total. The van der Waals surface area contributed by atoms with Gasteiger partial charge in [0.1, 0.15) is 11.3 Å².